The SMILES string of the molecule is CC1(C)CC(C)(C)CC2(C1)OCC1OC3(CC(C)(C)NC(C)(C)C3)OC(CCO)C1O2. The molecule has 4 rings (SSSR count). The third kappa shape index (κ3) is 4.99. The molecular weight excluding hydrogens is 394 g/mol. The molecule has 3 unspecified atom stereocenters. The predicted molar refractivity (Wildman–Crippen MR) is 120 cm³/mol. The average molecular weight is 440 g/mol. The van der Waals surface area contributed by atoms with Crippen LogP contribution in [0.3, 0.4) is 0 Å². The van der Waals surface area contributed by atoms with Gasteiger partial charge in [-0.1, -0.05) is 27.7 Å². The Kier molecular flexibility index (Phi) is 5.69. The molecule has 0 aromatic rings. The summed E-state index contributed by atoms with van der Waals surface area (Å²) in [6, 6.07) is 0. The first kappa shape index (κ1) is 23.9. The van der Waals surface area contributed by atoms with Gasteiger partial charge in [0.05, 0.1) is 12.7 Å². The molecule has 3 atom stereocenters. The minimum Gasteiger partial charge on any atom is -0.396 e. The van der Waals surface area contributed by atoms with Crippen LogP contribution in [-0.2, 0) is 18.9 Å². The Hall–Kier alpha value is -0.240. The predicted octanol–water partition coefficient (Wildman–Crippen LogP) is 4.14. The highest BCUT2D eigenvalue weighted by atomic mass is 16.8. The molecule has 3 aliphatic heterocycles. The molecule has 3 saturated heterocycles. The Morgan fingerprint density at radius 1 is 0.742 bits per heavy atom. The van der Waals surface area contributed by atoms with Crippen LogP contribution in [0.15, 0.2) is 0 Å². The summed E-state index contributed by atoms with van der Waals surface area (Å²) in [5, 5.41) is 13.6. The van der Waals surface area contributed by atoms with Crippen LogP contribution in [-0.4, -0.2) is 59.3 Å². The van der Waals surface area contributed by atoms with Crippen LogP contribution in [0.4, 0.5) is 0 Å². The Morgan fingerprint density at radius 3 is 1.87 bits per heavy atom. The van der Waals surface area contributed by atoms with Gasteiger partial charge in [-0.25, -0.2) is 0 Å². The molecule has 31 heavy (non-hydrogen) atoms. The van der Waals surface area contributed by atoms with Crippen molar-refractivity contribution in [2.45, 2.75) is 135 Å². The van der Waals surface area contributed by atoms with Gasteiger partial charge in [0, 0.05) is 43.4 Å². The van der Waals surface area contributed by atoms with Gasteiger partial charge >= 0.3 is 0 Å². The fourth-order valence-corrected chi connectivity index (χ4v) is 7.81. The van der Waals surface area contributed by atoms with Gasteiger partial charge in [-0.05, 0) is 51.4 Å². The van der Waals surface area contributed by atoms with Gasteiger partial charge in [-0.2, -0.15) is 0 Å². The first-order chi connectivity index (χ1) is 14.1. The fourth-order valence-electron chi connectivity index (χ4n) is 7.81. The van der Waals surface area contributed by atoms with E-state index in [1.54, 1.807) is 0 Å². The number of piperidine rings is 1. The molecule has 3 heterocycles. The van der Waals surface area contributed by atoms with Gasteiger partial charge in [-0.15, -0.1) is 0 Å². The molecule has 0 aromatic carbocycles. The summed E-state index contributed by atoms with van der Waals surface area (Å²) in [7, 11) is 0. The van der Waals surface area contributed by atoms with E-state index in [1.165, 1.54) is 0 Å². The fraction of sp³-hybridized carbons (Fsp3) is 1.00. The monoisotopic (exact) mass is 439 g/mol. The molecule has 2 N–H and O–H groups in total. The van der Waals surface area contributed by atoms with Crippen LogP contribution < -0.4 is 5.32 Å². The van der Waals surface area contributed by atoms with Crippen molar-refractivity contribution < 1.29 is 24.1 Å². The van der Waals surface area contributed by atoms with Crippen molar-refractivity contribution in [2.75, 3.05) is 13.2 Å². The largest absolute Gasteiger partial charge is 0.396 e. The van der Waals surface area contributed by atoms with Crippen LogP contribution in [0, 0.1) is 10.8 Å². The molecule has 1 aliphatic carbocycles. The maximum absolute atomic E-state index is 9.85. The summed E-state index contributed by atoms with van der Waals surface area (Å²) in [6.07, 6.45) is 4.31. The maximum Gasteiger partial charge on any atom is 0.172 e. The molecule has 180 valence electrons. The summed E-state index contributed by atoms with van der Waals surface area (Å²) >= 11 is 0. The Morgan fingerprint density at radius 2 is 1.32 bits per heavy atom. The highest BCUT2D eigenvalue weighted by Gasteiger charge is 2.60. The molecule has 0 amide bonds. The van der Waals surface area contributed by atoms with E-state index in [9.17, 15) is 5.11 Å². The summed E-state index contributed by atoms with van der Waals surface area (Å²) in [5.41, 5.74) is 0.0459. The van der Waals surface area contributed by atoms with Crippen LogP contribution in [0.5, 0.6) is 0 Å². The Labute approximate surface area is 188 Å². The summed E-state index contributed by atoms with van der Waals surface area (Å²) in [4.78, 5) is 0. The topological polar surface area (TPSA) is 69.2 Å². The highest BCUT2D eigenvalue weighted by Crippen LogP contribution is 2.55. The van der Waals surface area contributed by atoms with Crippen molar-refractivity contribution in [1.82, 2.24) is 5.32 Å². The Bertz CT molecular complexity index is 653. The molecular formula is C25H45NO5. The summed E-state index contributed by atoms with van der Waals surface area (Å²) < 4.78 is 26.8. The molecule has 4 aliphatic rings. The van der Waals surface area contributed by atoms with Crippen LogP contribution in [0.25, 0.3) is 0 Å². The van der Waals surface area contributed by atoms with Gasteiger partial charge in [-0.3, -0.25) is 0 Å². The zero-order valence-electron chi connectivity index (χ0n) is 21.0. The van der Waals surface area contributed by atoms with Gasteiger partial charge in [0.2, 0.25) is 0 Å². The number of aliphatic hydroxyl groups excluding tert-OH is 1. The summed E-state index contributed by atoms with van der Waals surface area (Å²) in [6.45, 7) is 18.6. The number of fused-ring (bicyclic) bond motifs is 1. The molecule has 0 bridgehead atoms. The number of aliphatic hydroxyl groups is 1. The van der Waals surface area contributed by atoms with E-state index in [0.717, 1.165) is 32.1 Å². The molecule has 0 radical (unpaired) electrons. The van der Waals surface area contributed by atoms with Crippen LogP contribution >= 0.6 is 0 Å². The van der Waals surface area contributed by atoms with Crippen molar-refractivity contribution in [3.05, 3.63) is 0 Å². The third-order valence-corrected chi connectivity index (χ3v) is 7.29. The normalized spacial score (nSPS) is 39.2. The molecule has 0 aromatic heterocycles. The van der Waals surface area contributed by atoms with E-state index in [-0.39, 0.29) is 46.8 Å². The number of hydrogen-bond donors (Lipinski definition) is 2. The molecule has 2 spiro atoms. The van der Waals surface area contributed by atoms with Crippen LogP contribution in [0.2, 0.25) is 0 Å². The molecule has 4 fully saturated rings. The molecule has 1 saturated carbocycles. The highest BCUT2D eigenvalue weighted by molar-refractivity contribution is 5.06. The van der Waals surface area contributed by atoms with Crippen molar-refractivity contribution in [3.8, 4) is 0 Å². The first-order valence-corrected chi connectivity index (χ1v) is 12.1. The number of hydrogen-bond acceptors (Lipinski definition) is 6. The quantitative estimate of drug-likeness (QED) is 0.674. The van der Waals surface area contributed by atoms with Gasteiger partial charge in [0.1, 0.15) is 12.2 Å². The Balaban J connectivity index is 1.60. The minimum absolute atomic E-state index is 0.0726. The van der Waals surface area contributed by atoms with Crippen LogP contribution in [0.1, 0.15) is 93.9 Å². The maximum atomic E-state index is 9.85. The van der Waals surface area contributed by atoms with Crippen molar-refractivity contribution in [1.29, 1.82) is 0 Å². The second kappa shape index (κ2) is 7.38. The second-order valence-electron chi connectivity index (χ2n) is 13.6. The number of nitrogens with one attached hydrogen (secondary N) is 1. The number of rotatable bonds is 2. The van der Waals surface area contributed by atoms with Gasteiger partial charge in [0.25, 0.3) is 0 Å². The van der Waals surface area contributed by atoms with E-state index in [4.69, 9.17) is 18.9 Å². The van der Waals surface area contributed by atoms with Gasteiger partial charge < -0.3 is 29.4 Å². The van der Waals surface area contributed by atoms with E-state index < -0.39 is 11.6 Å². The lowest BCUT2D eigenvalue weighted by atomic mass is 9.62. The zero-order valence-corrected chi connectivity index (χ0v) is 21.0. The van der Waals surface area contributed by atoms with E-state index in [0.29, 0.717) is 13.0 Å². The smallest absolute Gasteiger partial charge is 0.172 e. The lowest BCUT2D eigenvalue weighted by molar-refractivity contribution is -0.440. The van der Waals surface area contributed by atoms with E-state index in [2.05, 4.69) is 60.7 Å². The van der Waals surface area contributed by atoms with Crippen molar-refractivity contribution in [2.24, 2.45) is 10.8 Å². The minimum atomic E-state index is -0.693. The van der Waals surface area contributed by atoms with E-state index >= 15 is 0 Å². The standard InChI is InChI=1S/C25H45NO5/c1-20(2)12-21(3,4)14-24(13-20)28-11-18-19(31-24)17(9-10-27)29-25(30-18)15-22(5,6)26-23(7,8)16-25/h17-19,26-27H,9-16H2,1-8H3. The van der Waals surface area contributed by atoms with Crippen molar-refractivity contribution >= 4 is 0 Å². The van der Waals surface area contributed by atoms with E-state index in [1.807, 2.05) is 0 Å². The summed E-state index contributed by atoms with van der Waals surface area (Å²) in [5.74, 6) is -1.30. The molecule has 6 heteroatoms. The third-order valence-electron chi connectivity index (χ3n) is 7.29. The molecule has 6 nitrogen and oxygen atoms in total. The second-order valence-corrected chi connectivity index (χ2v) is 13.6. The zero-order chi connectivity index (χ0) is 22.9. The van der Waals surface area contributed by atoms with Gasteiger partial charge in [0.15, 0.2) is 11.6 Å². The first-order valence-electron chi connectivity index (χ1n) is 12.1. The lowest BCUT2D eigenvalue weighted by Gasteiger charge is -2.61. The number of ether oxygens (including phenoxy) is 4. The lowest BCUT2D eigenvalue weighted by Crippen LogP contribution is -2.71. The van der Waals surface area contributed by atoms with Crippen molar-refractivity contribution in [3.63, 3.8) is 0 Å². The average Bonchev–Trinajstić information content (AvgIpc) is 2.49.